The highest BCUT2D eigenvalue weighted by atomic mass is 32.2. The zero-order valence-corrected chi connectivity index (χ0v) is 10.1. The van der Waals surface area contributed by atoms with Crippen molar-refractivity contribution in [3.05, 3.63) is 29.8 Å². The molecule has 1 heterocycles. The summed E-state index contributed by atoms with van der Waals surface area (Å²) in [6.07, 6.45) is 0. The van der Waals surface area contributed by atoms with Gasteiger partial charge in [-0.1, -0.05) is 0 Å². The number of hydrogen-bond acceptors (Lipinski definition) is 3. The van der Waals surface area contributed by atoms with Crippen LogP contribution in [0.25, 0.3) is 0 Å². The predicted molar refractivity (Wildman–Crippen MR) is 64.0 cm³/mol. The van der Waals surface area contributed by atoms with Gasteiger partial charge in [-0.3, -0.25) is 9.59 Å². The van der Waals surface area contributed by atoms with E-state index in [0.29, 0.717) is 17.7 Å². The van der Waals surface area contributed by atoms with Crippen molar-refractivity contribution in [2.45, 2.75) is 0 Å². The van der Waals surface area contributed by atoms with Gasteiger partial charge in [0.05, 0.1) is 17.3 Å². The number of rotatable bonds is 3. The molecule has 0 spiro atoms. The number of thioether (sulfide) groups is 1. The molecule has 1 aromatic rings. The van der Waals surface area contributed by atoms with Crippen LogP contribution in [0.15, 0.2) is 18.2 Å². The van der Waals surface area contributed by atoms with Crippen molar-refractivity contribution >= 4 is 29.3 Å². The fourth-order valence-corrected chi connectivity index (χ4v) is 2.40. The summed E-state index contributed by atoms with van der Waals surface area (Å²) in [5, 5.41) is 2.30. The molecular weight excluding hydrogens is 262 g/mol. The minimum Gasteiger partial charge on any atom is -0.323 e. The van der Waals surface area contributed by atoms with Crippen LogP contribution < -0.4 is 5.32 Å². The lowest BCUT2D eigenvalue weighted by Crippen LogP contribution is -2.34. The summed E-state index contributed by atoms with van der Waals surface area (Å²) >= 11 is 1.42. The van der Waals surface area contributed by atoms with Crippen LogP contribution in [0, 0.1) is 11.6 Å². The molecule has 2 amide bonds. The SMILES string of the molecule is O=C(CN1CSCC1=O)Nc1ccc(F)cc1F. The maximum absolute atomic E-state index is 13.3. The third-order valence-corrected chi connectivity index (χ3v) is 3.31. The Morgan fingerprint density at radius 2 is 2.22 bits per heavy atom. The summed E-state index contributed by atoms with van der Waals surface area (Å²) in [5.74, 6) is -1.36. The van der Waals surface area contributed by atoms with Crippen LogP contribution in [0.1, 0.15) is 0 Å². The summed E-state index contributed by atoms with van der Waals surface area (Å²) < 4.78 is 25.9. The van der Waals surface area contributed by atoms with Gasteiger partial charge in [0.15, 0.2) is 0 Å². The van der Waals surface area contributed by atoms with Crippen molar-refractivity contribution in [2.75, 3.05) is 23.5 Å². The smallest absolute Gasteiger partial charge is 0.244 e. The number of halogens is 2. The van der Waals surface area contributed by atoms with Crippen molar-refractivity contribution in [3.63, 3.8) is 0 Å². The highest BCUT2D eigenvalue weighted by Crippen LogP contribution is 2.17. The fraction of sp³-hybridized carbons (Fsp3) is 0.273. The predicted octanol–water partition coefficient (Wildman–Crippen LogP) is 1.44. The lowest BCUT2D eigenvalue weighted by atomic mass is 10.3. The third kappa shape index (κ3) is 2.98. The second-order valence-electron chi connectivity index (χ2n) is 3.74. The van der Waals surface area contributed by atoms with Gasteiger partial charge >= 0.3 is 0 Å². The molecule has 0 radical (unpaired) electrons. The minimum absolute atomic E-state index is 0.0966. The van der Waals surface area contributed by atoms with Gasteiger partial charge in [-0.25, -0.2) is 8.78 Å². The van der Waals surface area contributed by atoms with Crippen molar-refractivity contribution < 1.29 is 18.4 Å². The van der Waals surface area contributed by atoms with E-state index in [1.165, 1.54) is 16.7 Å². The molecule has 0 aliphatic carbocycles. The van der Waals surface area contributed by atoms with Gasteiger partial charge in [-0.2, -0.15) is 0 Å². The Bertz CT molecular complexity index is 496. The Kier molecular flexibility index (Phi) is 3.81. The van der Waals surface area contributed by atoms with Gasteiger partial charge in [-0.15, -0.1) is 11.8 Å². The number of nitrogens with zero attached hydrogens (tertiary/aromatic N) is 1. The summed E-state index contributed by atoms with van der Waals surface area (Å²) in [5.41, 5.74) is -0.0966. The van der Waals surface area contributed by atoms with Crippen LogP contribution in [-0.4, -0.2) is 34.9 Å². The first-order valence-corrected chi connectivity index (χ1v) is 6.32. The van der Waals surface area contributed by atoms with Gasteiger partial charge in [0.25, 0.3) is 0 Å². The van der Waals surface area contributed by atoms with E-state index in [1.807, 2.05) is 0 Å². The largest absolute Gasteiger partial charge is 0.323 e. The molecular formula is C11H10F2N2O2S. The molecule has 1 fully saturated rings. The highest BCUT2D eigenvalue weighted by molar-refractivity contribution is 8.00. The van der Waals surface area contributed by atoms with Crippen LogP contribution in [-0.2, 0) is 9.59 Å². The molecule has 96 valence electrons. The van der Waals surface area contributed by atoms with Gasteiger partial charge in [0, 0.05) is 6.07 Å². The summed E-state index contributed by atoms with van der Waals surface area (Å²) in [7, 11) is 0. The van der Waals surface area contributed by atoms with E-state index in [0.717, 1.165) is 12.1 Å². The van der Waals surface area contributed by atoms with Crippen molar-refractivity contribution in [2.24, 2.45) is 0 Å². The van der Waals surface area contributed by atoms with Gasteiger partial charge in [0.1, 0.15) is 18.2 Å². The second kappa shape index (κ2) is 5.34. The summed E-state index contributed by atoms with van der Waals surface area (Å²) in [6, 6.07) is 2.88. The quantitative estimate of drug-likeness (QED) is 0.905. The molecule has 7 heteroatoms. The normalized spacial score (nSPS) is 15.0. The van der Waals surface area contributed by atoms with E-state index in [-0.39, 0.29) is 18.1 Å². The first-order chi connectivity index (χ1) is 8.56. The third-order valence-electron chi connectivity index (χ3n) is 2.37. The summed E-state index contributed by atoms with van der Waals surface area (Å²) in [6.45, 7) is -0.122. The van der Waals surface area contributed by atoms with Gasteiger partial charge in [0.2, 0.25) is 11.8 Å². The lowest BCUT2D eigenvalue weighted by molar-refractivity contribution is -0.130. The Morgan fingerprint density at radius 3 is 2.83 bits per heavy atom. The van der Waals surface area contributed by atoms with Crippen molar-refractivity contribution in [1.82, 2.24) is 4.90 Å². The van der Waals surface area contributed by atoms with Crippen molar-refractivity contribution in [1.29, 1.82) is 0 Å². The molecule has 18 heavy (non-hydrogen) atoms. The number of carbonyl (C=O) groups is 2. The van der Waals surface area contributed by atoms with E-state index >= 15 is 0 Å². The van der Waals surface area contributed by atoms with Crippen LogP contribution in [0.5, 0.6) is 0 Å². The monoisotopic (exact) mass is 272 g/mol. The fourth-order valence-electron chi connectivity index (χ4n) is 1.49. The number of carbonyl (C=O) groups excluding carboxylic acids is 2. The first-order valence-electron chi connectivity index (χ1n) is 5.16. The van der Waals surface area contributed by atoms with E-state index in [1.54, 1.807) is 0 Å². The van der Waals surface area contributed by atoms with Crippen LogP contribution in [0.2, 0.25) is 0 Å². The topological polar surface area (TPSA) is 49.4 Å². The molecule has 1 N–H and O–H groups in total. The van der Waals surface area contributed by atoms with Crippen LogP contribution in [0.3, 0.4) is 0 Å². The van der Waals surface area contributed by atoms with E-state index in [4.69, 9.17) is 0 Å². The molecule has 0 aromatic heterocycles. The molecule has 0 unspecified atom stereocenters. The Morgan fingerprint density at radius 1 is 1.44 bits per heavy atom. The van der Waals surface area contributed by atoms with E-state index < -0.39 is 17.5 Å². The lowest BCUT2D eigenvalue weighted by Gasteiger charge is -2.14. The number of hydrogen-bond donors (Lipinski definition) is 1. The van der Waals surface area contributed by atoms with Gasteiger partial charge < -0.3 is 10.2 Å². The molecule has 1 aromatic carbocycles. The molecule has 4 nitrogen and oxygen atoms in total. The molecule has 0 saturated carbocycles. The first kappa shape index (κ1) is 12.8. The molecule has 0 atom stereocenters. The standard InChI is InChI=1S/C11H10F2N2O2S/c12-7-1-2-9(8(13)3-7)14-10(16)4-15-6-18-5-11(15)17/h1-3H,4-6H2,(H,14,16). The van der Waals surface area contributed by atoms with Gasteiger partial charge in [-0.05, 0) is 12.1 Å². The number of amides is 2. The number of anilines is 1. The average molecular weight is 272 g/mol. The maximum atomic E-state index is 13.3. The average Bonchev–Trinajstić information content (AvgIpc) is 2.69. The number of nitrogens with one attached hydrogen (secondary N) is 1. The molecule has 1 aliphatic heterocycles. The number of benzene rings is 1. The van der Waals surface area contributed by atoms with E-state index in [2.05, 4.69) is 5.32 Å². The Balaban J connectivity index is 1.96. The van der Waals surface area contributed by atoms with E-state index in [9.17, 15) is 18.4 Å². The molecule has 1 saturated heterocycles. The zero-order chi connectivity index (χ0) is 13.1. The minimum atomic E-state index is -0.842. The Labute approximate surface area is 106 Å². The zero-order valence-electron chi connectivity index (χ0n) is 9.28. The van der Waals surface area contributed by atoms with Crippen LogP contribution in [0.4, 0.5) is 14.5 Å². The highest BCUT2D eigenvalue weighted by Gasteiger charge is 2.23. The van der Waals surface area contributed by atoms with Crippen molar-refractivity contribution in [3.8, 4) is 0 Å². The molecule has 0 bridgehead atoms. The summed E-state index contributed by atoms with van der Waals surface area (Å²) in [4.78, 5) is 24.2. The maximum Gasteiger partial charge on any atom is 0.244 e. The molecule has 1 aliphatic rings. The second-order valence-corrected chi connectivity index (χ2v) is 4.70. The molecule has 2 rings (SSSR count). The van der Waals surface area contributed by atoms with Crippen LogP contribution >= 0.6 is 11.8 Å². The Hall–Kier alpha value is -1.63.